The maximum atomic E-state index is 11.4. The third-order valence-corrected chi connectivity index (χ3v) is 4.67. The Morgan fingerprint density at radius 2 is 1.78 bits per heavy atom. The second-order valence-corrected chi connectivity index (χ2v) is 6.15. The minimum absolute atomic E-state index is 0.171. The zero-order valence-electron chi connectivity index (χ0n) is 11.4. The van der Waals surface area contributed by atoms with Gasteiger partial charge in [-0.1, -0.05) is 33.8 Å². The number of amides is 1. The third kappa shape index (κ3) is 1.64. The van der Waals surface area contributed by atoms with Crippen molar-refractivity contribution in [2.24, 2.45) is 16.6 Å². The fourth-order valence-electron chi connectivity index (χ4n) is 2.64. The number of rotatable bonds is 3. The summed E-state index contributed by atoms with van der Waals surface area (Å²) >= 11 is 0. The van der Waals surface area contributed by atoms with Gasteiger partial charge in [-0.25, -0.2) is 0 Å². The maximum Gasteiger partial charge on any atom is 0.250 e. The predicted octanol–water partition coefficient (Wildman–Crippen LogP) is 2.21. The molecule has 1 saturated carbocycles. The molecule has 4 nitrogen and oxygen atoms in total. The molecule has 4 heteroatoms. The van der Waals surface area contributed by atoms with Gasteiger partial charge in [-0.05, 0) is 23.0 Å². The highest BCUT2D eigenvalue weighted by atomic mass is 16.1. The highest BCUT2D eigenvalue weighted by molar-refractivity contribution is 6.01. The first-order valence-electron chi connectivity index (χ1n) is 6.14. The van der Waals surface area contributed by atoms with E-state index < -0.39 is 5.91 Å². The number of nitrogen functional groups attached to an aromatic ring is 1. The molecule has 0 aromatic heterocycles. The number of nitrogens with one attached hydrogen (secondary N) is 1. The van der Waals surface area contributed by atoms with E-state index in [-0.39, 0.29) is 16.9 Å². The zero-order valence-corrected chi connectivity index (χ0v) is 11.4. The van der Waals surface area contributed by atoms with E-state index in [4.69, 9.17) is 11.5 Å². The predicted molar refractivity (Wildman–Crippen MR) is 74.3 cm³/mol. The van der Waals surface area contributed by atoms with Crippen LogP contribution in [0, 0.1) is 10.8 Å². The van der Waals surface area contributed by atoms with Gasteiger partial charge >= 0.3 is 0 Å². The van der Waals surface area contributed by atoms with Crippen molar-refractivity contribution in [1.82, 2.24) is 0 Å². The molecule has 1 aliphatic rings. The average molecular weight is 247 g/mol. The van der Waals surface area contributed by atoms with Gasteiger partial charge in [0.25, 0.3) is 5.91 Å². The van der Waals surface area contributed by atoms with Gasteiger partial charge in [0, 0.05) is 6.04 Å². The largest absolute Gasteiger partial charge is 0.397 e. The van der Waals surface area contributed by atoms with Crippen LogP contribution in [0.1, 0.15) is 38.1 Å². The fourth-order valence-corrected chi connectivity index (χ4v) is 2.64. The van der Waals surface area contributed by atoms with Crippen molar-refractivity contribution in [3.05, 3.63) is 23.8 Å². The number of hydrogen-bond donors (Lipinski definition) is 3. The van der Waals surface area contributed by atoms with Gasteiger partial charge in [-0.15, -0.1) is 0 Å². The van der Waals surface area contributed by atoms with Crippen molar-refractivity contribution >= 4 is 17.3 Å². The Morgan fingerprint density at radius 1 is 1.22 bits per heavy atom. The lowest BCUT2D eigenvalue weighted by atomic mass is 10.0. The van der Waals surface area contributed by atoms with Crippen LogP contribution in [0.2, 0.25) is 0 Å². The molecule has 1 aromatic carbocycles. The lowest BCUT2D eigenvalue weighted by Crippen LogP contribution is -2.18. The highest BCUT2D eigenvalue weighted by Gasteiger charge is 2.65. The standard InChI is InChI=1S/C14H21N3O/c1-13(2)12(14(13,3)4)17-10-8(11(16)18)6-5-7-9(10)15/h5-7,12,17H,15H2,1-4H3,(H2,16,18). The summed E-state index contributed by atoms with van der Waals surface area (Å²) in [5.41, 5.74) is 13.3. The Hall–Kier alpha value is -1.71. The van der Waals surface area contributed by atoms with Crippen LogP contribution in [-0.2, 0) is 0 Å². The van der Waals surface area contributed by atoms with Crippen molar-refractivity contribution in [2.75, 3.05) is 11.1 Å². The number of para-hydroxylation sites is 1. The molecule has 0 heterocycles. The van der Waals surface area contributed by atoms with E-state index in [0.29, 0.717) is 16.9 Å². The summed E-state index contributed by atoms with van der Waals surface area (Å²) < 4.78 is 0. The van der Waals surface area contributed by atoms with Gasteiger partial charge in [-0.2, -0.15) is 0 Å². The molecule has 1 amide bonds. The summed E-state index contributed by atoms with van der Waals surface area (Å²) in [4.78, 5) is 11.4. The number of anilines is 2. The van der Waals surface area contributed by atoms with Crippen LogP contribution in [0.15, 0.2) is 18.2 Å². The quantitative estimate of drug-likeness (QED) is 0.716. The van der Waals surface area contributed by atoms with E-state index >= 15 is 0 Å². The minimum Gasteiger partial charge on any atom is -0.397 e. The fraction of sp³-hybridized carbons (Fsp3) is 0.500. The van der Waals surface area contributed by atoms with Crippen molar-refractivity contribution in [1.29, 1.82) is 0 Å². The molecule has 0 spiro atoms. The van der Waals surface area contributed by atoms with Crippen molar-refractivity contribution in [3.8, 4) is 0 Å². The van der Waals surface area contributed by atoms with Crippen LogP contribution in [0.3, 0.4) is 0 Å². The molecule has 18 heavy (non-hydrogen) atoms. The summed E-state index contributed by atoms with van der Waals surface area (Å²) in [6.07, 6.45) is 0. The molecule has 98 valence electrons. The normalized spacial score (nSPS) is 20.4. The Labute approximate surface area is 108 Å². The zero-order chi connectivity index (χ0) is 13.7. The van der Waals surface area contributed by atoms with Crippen LogP contribution >= 0.6 is 0 Å². The molecular weight excluding hydrogens is 226 g/mol. The van der Waals surface area contributed by atoms with Gasteiger partial charge in [0.2, 0.25) is 0 Å². The lowest BCUT2D eigenvalue weighted by molar-refractivity contribution is 0.100. The van der Waals surface area contributed by atoms with Crippen LogP contribution in [0.4, 0.5) is 11.4 Å². The summed E-state index contributed by atoms with van der Waals surface area (Å²) in [5, 5.41) is 3.39. The second-order valence-electron chi connectivity index (χ2n) is 6.15. The smallest absolute Gasteiger partial charge is 0.250 e. The molecule has 0 bridgehead atoms. The molecule has 0 radical (unpaired) electrons. The first-order chi connectivity index (χ1) is 8.19. The van der Waals surface area contributed by atoms with E-state index in [1.165, 1.54) is 0 Å². The van der Waals surface area contributed by atoms with Gasteiger partial charge < -0.3 is 16.8 Å². The van der Waals surface area contributed by atoms with E-state index in [2.05, 4.69) is 33.0 Å². The minimum atomic E-state index is -0.457. The van der Waals surface area contributed by atoms with E-state index in [9.17, 15) is 4.79 Å². The Bertz CT molecular complexity index is 492. The second kappa shape index (κ2) is 3.64. The van der Waals surface area contributed by atoms with E-state index in [0.717, 1.165) is 0 Å². The molecule has 2 rings (SSSR count). The SMILES string of the molecule is CC1(C)C(Nc2c(N)cccc2C(N)=O)C1(C)C. The molecule has 5 N–H and O–H groups in total. The highest BCUT2D eigenvalue weighted by Crippen LogP contribution is 2.64. The molecule has 0 atom stereocenters. The maximum absolute atomic E-state index is 11.4. The van der Waals surface area contributed by atoms with Crippen molar-refractivity contribution in [2.45, 2.75) is 33.7 Å². The number of carbonyl (C=O) groups is 1. The van der Waals surface area contributed by atoms with Crippen LogP contribution in [0.25, 0.3) is 0 Å². The molecule has 1 fully saturated rings. The number of hydrogen-bond acceptors (Lipinski definition) is 3. The van der Waals surface area contributed by atoms with Gasteiger partial charge in [-0.3, -0.25) is 4.79 Å². The van der Waals surface area contributed by atoms with E-state index in [1.54, 1.807) is 18.2 Å². The molecule has 1 aromatic rings. The van der Waals surface area contributed by atoms with Crippen LogP contribution in [-0.4, -0.2) is 11.9 Å². The summed E-state index contributed by atoms with van der Waals surface area (Å²) in [5.74, 6) is -0.457. The van der Waals surface area contributed by atoms with Crippen molar-refractivity contribution in [3.63, 3.8) is 0 Å². The Morgan fingerprint density at radius 3 is 2.22 bits per heavy atom. The average Bonchev–Trinajstić information content (AvgIpc) is 2.62. The number of nitrogens with two attached hydrogens (primary N) is 2. The van der Waals surface area contributed by atoms with E-state index in [1.807, 2.05) is 0 Å². The van der Waals surface area contributed by atoms with Gasteiger partial charge in [0.15, 0.2) is 0 Å². The third-order valence-electron chi connectivity index (χ3n) is 4.67. The monoisotopic (exact) mass is 247 g/mol. The first-order valence-corrected chi connectivity index (χ1v) is 6.14. The first kappa shape index (κ1) is 12.7. The summed E-state index contributed by atoms with van der Waals surface area (Å²) in [7, 11) is 0. The van der Waals surface area contributed by atoms with Gasteiger partial charge in [0.1, 0.15) is 0 Å². The molecule has 0 unspecified atom stereocenters. The molecule has 0 aliphatic heterocycles. The molecule has 0 saturated heterocycles. The summed E-state index contributed by atoms with van der Waals surface area (Å²) in [6, 6.07) is 5.50. The van der Waals surface area contributed by atoms with Crippen LogP contribution in [0.5, 0.6) is 0 Å². The number of benzene rings is 1. The summed E-state index contributed by atoms with van der Waals surface area (Å²) in [6.45, 7) is 8.81. The Kier molecular flexibility index (Phi) is 2.58. The molecule has 1 aliphatic carbocycles. The van der Waals surface area contributed by atoms with Crippen LogP contribution < -0.4 is 16.8 Å². The lowest BCUT2D eigenvalue weighted by Gasteiger charge is -2.14. The van der Waals surface area contributed by atoms with Crippen molar-refractivity contribution < 1.29 is 4.79 Å². The molecular formula is C14H21N3O. The van der Waals surface area contributed by atoms with Gasteiger partial charge in [0.05, 0.1) is 16.9 Å². The topological polar surface area (TPSA) is 81.1 Å². The number of carbonyl (C=O) groups excluding carboxylic acids is 1. The Balaban J connectivity index is 2.34. The number of primary amides is 1.